The summed E-state index contributed by atoms with van der Waals surface area (Å²) in [5, 5.41) is 25.4. The first-order valence-corrected chi connectivity index (χ1v) is 12.7. The van der Waals surface area contributed by atoms with Crippen LogP contribution in [0.5, 0.6) is 5.75 Å². The molecule has 3 aromatic rings. The maximum atomic E-state index is 9.56. The monoisotopic (exact) mass is 499 g/mol. The number of β-amino-alcohol motifs (C(OH)–C–C–N with tert-alkyl or cyclic N) is 1. The molecule has 2 aliphatic rings. The fourth-order valence-electron chi connectivity index (χ4n) is 4.86. The van der Waals surface area contributed by atoms with Crippen molar-refractivity contribution in [3.8, 4) is 11.8 Å². The Balaban J connectivity index is 1.30. The Kier molecular flexibility index (Phi) is 7.12. The number of nitriles is 1. The molecule has 2 aromatic carbocycles. The van der Waals surface area contributed by atoms with Crippen molar-refractivity contribution in [1.82, 2.24) is 14.9 Å². The van der Waals surface area contributed by atoms with Crippen LogP contribution in [0.4, 0.5) is 28.8 Å². The second-order valence-electron chi connectivity index (χ2n) is 9.69. The predicted octanol–water partition coefficient (Wildman–Crippen LogP) is 3.95. The zero-order valence-corrected chi connectivity index (χ0v) is 21.4. The third kappa shape index (κ3) is 5.45. The van der Waals surface area contributed by atoms with Crippen LogP contribution in [0.25, 0.3) is 0 Å². The zero-order chi connectivity index (χ0) is 25.8. The molecule has 0 radical (unpaired) electrons. The third-order valence-corrected chi connectivity index (χ3v) is 7.20. The normalized spacial score (nSPS) is 16.6. The van der Waals surface area contributed by atoms with Gasteiger partial charge in [0.1, 0.15) is 0 Å². The van der Waals surface area contributed by atoms with Crippen LogP contribution in [0.1, 0.15) is 24.0 Å². The topological polar surface area (TPSA) is 110 Å². The standard InChI is InChI=1S/C28H33N7O2/c1-20-16-23(6-7-24(20)35-12-10-34(11-13-35)14-15-36)32-27-30-18-25(37-2)26(33-27)31-22-5-3-4-21(17-22)28(19-29)8-9-28/h3-7,16-18,36H,8-15H2,1-2H3,(H2,30,31,32,33). The zero-order valence-electron chi connectivity index (χ0n) is 21.4. The van der Waals surface area contributed by atoms with Crippen molar-refractivity contribution >= 4 is 28.8 Å². The van der Waals surface area contributed by atoms with Crippen molar-refractivity contribution in [1.29, 1.82) is 5.26 Å². The molecule has 0 atom stereocenters. The molecule has 2 heterocycles. The Labute approximate surface area is 217 Å². The summed E-state index contributed by atoms with van der Waals surface area (Å²) in [4.78, 5) is 13.8. The Bertz CT molecular complexity index is 1290. The van der Waals surface area contributed by atoms with Gasteiger partial charge in [-0.1, -0.05) is 12.1 Å². The van der Waals surface area contributed by atoms with Gasteiger partial charge in [0.2, 0.25) is 5.95 Å². The number of nitrogens with zero attached hydrogens (tertiary/aromatic N) is 5. The quantitative estimate of drug-likeness (QED) is 0.403. The molecule has 0 bridgehead atoms. The number of aliphatic hydroxyl groups is 1. The maximum absolute atomic E-state index is 9.56. The third-order valence-electron chi connectivity index (χ3n) is 7.20. The van der Waals surface area contributed by atoms with E-state index in [0.29, 0.717) is 17.5 Å². The largest absolute Gasteiger partial charge is 0.491 e. The molecular formula is C28H33N7O2. The predicted molar refractivity (Wildman–Crippen MR) is 145 cm³/mol. The lowest BCUT2D eigenvalue weighted by Crippen LogP contribution is -2.47. The number of methoxy groups -OCH3 is 1. The molecule has 1 saturated carbocycles. The van der Waals surface area contributed by atoms with Gasteiger partial charge in [0, 0.05) is 49.8 Å². The molecule has 9 heteroatoms. The van der Waals surface area contributed by atoms with Crippen LogP contribution >= 0.6 is 0 Å². The van der Waals surface area contributed by atoms with E-state index in [1.54, 1.807) is 13.3 Å². The van der Waals surface area contributed by atoms with Crippen molar-refractivity contribution < 1.29 is 9.84 Å². The van der Waals surface area contributed by atoms with E-state index in [2.05, 4.69) is 55.5 Å². The van der Waals surface area contributed by atoms with E-state index in [0.717, 1.165) is 62.5 Å². The molecule has 37 heavy (non-hydrogen) atoms. The van der Waals surface area contributed by atoms with Gasteiger partial charge in [0.15, 0.2) is 11.6 Å². The molecular weight excluding hydrogens is 466 g/mol. The molecule has 5 rings (SSSR count). The summed E-state index contributed by atoms with van der Waals surface area (Å²) in [7, 11) is 1.59. The Morgan fingerprint density at radius 2 is 1.86 bits per heavy atom. The lowest BCUT2D eigenvalue weighted by molar-refractivity contribution is 0.188. The van der Waals surface area contributed by atoms with Crippen LogP contribution in [0.3, 0.4) is 0 Å². The van der Waals surface area contributed by atoms with E-state index >= 15 is 0 Å². The fourth-order valence-corrected chi connectivity index (χ4v) is 4.86. The minimum absolute atomic E-state index is 0.207. The number of hydrogen-bond acceptors (Lipinski definition) is 9. The highest BCUT2D eigenvalue weighted by molar-refractivity contribution is 5.67. The number of benzene rings is 2. The summed E-state index contributed by atoms with van der Waals surface area (Å²) in [6.45, 7) is 6.86. The number of nitrogens with one attached hydrogen (secondary N) is 2. The molecule has 0 spiro atoms. The highest BCUT2D eigenvalue weighted by atomic mass is 16.5. The van der Waals surface area contributed by atoms with E-state index in [1.165, 1.54) is 11.3 Å². The smallest absolute Gasteiger partial charge is 0.229 e. The minimum atomic E-state index is -0.350. The molecule has 1 saturated heterocycles. The minimum Gasteiger partial charge on any atom is -0.491 e. The first-order valence-electron chi connectivity index (χ1n) is 12.7. The average Bonchev–Trinajstić information content (AvgIpc) is 3.72. The van der Waals surface area contributed by atoms with Crippen LogP contribution in [0.15, 0.2) is 48.7 Å². The number of anilines is 5. The van der Waals surface area contributed by atoms with Gasteiger partial charge >= 0.3 is 0 Å². The van der Waals surface area contributed by atoms with Gasteiger partial charge in [-0.2, -0.15) is 10.2 Å². The summed E-state index contributed by atoms with van der Waals surface area (Å²) in [6.07, 6.45) is 3.44. The first kappa shape index (κ1) is 24.8. The highest BCUT2D eigenvalue weighted by Crippen LogP contribution is 2.48. The number of aryl methyl sites for hydroxylation is 1. The number of aromatic nitrogens is 2. The SMILES string of the molecule is COc1cnc(Nc2ccc(N3CCN(CCO)CC3)c(C)c2)nc1Nc1cccc(C2(C#N)CC2)c1. The van der Waals surface area contributed by atoms with Crippen molar-refractivity contribution in [2.75, 3.05) is 62.0 Å². The summed E-state index contributed by atoms with van der Waals surface area (Å²) in [5.41, 5.74) is 4.83. The maximum Gasteiger partial charge on any atom is 0.229 e. The molecule has 1 aliphatic heterocycles. The van der Waals surface area contributed by atoms with Gasteiger partial charge in [-0.05, 0) is 61.2 Å². The highest BCUT2D eigenvalue weighted by Gasteiger charge is 2.44. The van der Waals surface area contributed by atoms with Crippen molar-refractivity contribution in [2.45, 2.75) is 25.2 Å². The Hall–Kier alpha value is -3.87. The van der Waals surface area contributed by atoms with Crippen LogP contribution in [-0.4, -0.2) is 66.4 Å². The van der Waals surface area contributed by atoms with Gasteiger partial charge in [0.25, 0.3) is 0 Å². The first-order chi connectivity index (χ1) is 18.0. The van der Waals surface area contributed by atoms with Crippen molar-refractivity contribution in [3.63, 3.8) is 0 Å². The fraction of sp³-hybridized carbons (Fsp3) is 0.393. The number of rotatable bonds is 9. The number of aliphatic hydroxyl groups excluding tert-OH is 1. The number of hydrogen-bond donors (Lipinski definition) is 3. The molecule has 192 valence electrons. The van der Waals surface area contributed by atoms with Crippen LogP contribution in [0, 0.1) is 18.3 Å². The van der Waals surface area contributed by atoms with E-state index < -0.39 is 0 Å². The second-order valence-corrected chi connectivity index (χ2v) is 9.69. The van der Waals surface area contributed by atoms with Gasteiger partial charge in [0.05, 0.1) is 31.4 Å². The summed E-state index contributed by atoms with van der Waals surface area (Å²) < 4.78 is 5.49. The van der Waals surface area contributed by atoms with Crippen LogP contribution in [0.2, 0.25) is 0 Å². The summed E-state index contributed by atoms with van der Waals surface area (Å²) in [6, 6.07) is 16.7. The number of ether oxygens (including phenoxy) is 1. The van der Waals surface area contributed by atoms with Gasteiger partial charge < -0.3 is 25.4 Å². The van der Waals surface area contributed by atoms with E-state index in [1.807, 2.05) is 30.3 Å². The molecule has 0 amide bonds. The Morgan fingerprint density at radius 1 is 1.08 bits per heavy atom. The molecule has 2 fully saturated rings. The Morgan fingerprint density at radius 3 is 2.54 bits per heavy atom. The van der Waals surface area contributed by atoms with E-state index in [4.69, 9.17) is 4.74 Å². The number of piperazine rings is 1. The van der Waals surface area contributed by atoms with E-state index in [-0.39, 0.29) is 12.0 Å². The molecule has 1 aliphatic carbocycles. The molecule has 9 nitrogen and oxygen atoms in total. The lowest BCUT2D eigenvalue weighted by atomic mass is 9.97. The molecule has 3 N–H and O–H groups in total. The molecule has 0 unspecified atom stereocenters. The lowest BCUT2D eigenvalue weighted by Gasteiger charge is -2.36. The van der Waals surface area contributed by atoms with Gasteiger partial charge in [-0.25, -0.2) is 4.98 Å². The summed E-state index contributed by atoms with van der Waals surface area (Å²) >= 11 is 0. The average molecular weight is 500 g/mol. The summed E-state index contributed by atoms with van der Waals surface area (Å²) in [5.74, 6) is 1.54. The second kappa shape index (κ2) is 10.6. The van der Waals surface area contributed by atoms with Crippen molar-refractivity contribution in [3.05, 3.63) is 59.8 Å². The van der Waals surface area contributed by atoms with Gasteiger partial charge in [-0.15, -0.1) is 0 Å². The molecule has 1 aromatic heterocycles. The van der Waals surface area contributed by atoms with Crippen LogP contribution < -0.4 is 20.3 Å². The van der Waals surface area contributed by atoms with Crippen molar-refractivity contribution in [2.24, 2.45) is 0 Å². The van der Waals surface area contributed by atoms with Crippen LogP contribution in [-0.2, 0) is 5.41 Å². The van der Waals surface area contributed by atoms with E-state index in [9.17, 15) is 10.4 Å². The van der Waals surface area contributed by atoms with Gasteiger partial charge in [-0.3, -0.25) is 4.90 Å².